The van der Waals surface area contributed by atoms with E-state index in [2.05, 4.69) is 5.32 Å². The number of ether oxygens (including phenoxy) is 1. The molecule has 0 bridgehead atoms. The summed E-state index contributed by atoms with van der Waals surface area (Å²) in [5, 5.41) is 2.72. The van der Waals surface area contributed by atoms with Gasteiger partial charge in [-0.3, -0.25) is 4.79 Å². The maximum Gasteiger partial charge on any atom is 0.343 e. The Hall–Kier alpha value is -2.62. The largest absolute Gasteiger partial charge is 0.423 e. The predicted molar refractivity (Wildman–Crippen MR) is 81.5 cm³/mol. The van der Waals surface area contributed by atoms with Crippen LogP contribution in [0.3, 0.4) is 0 Å². The van der Waals surface area contributed by atoms with Crippen LogP contribution >= 0.6 is 0 Å². The average molecular weight is 283 g/mol. The van der Waals surface area contributed by atoms with E-state index in [0.29, 0.717) is 23.4 Å². The second kappa shape index (κ2) is 6.70. The zero-order valence-corrected chi connectivity index (χ0v) is 12.1. The second-order valence-corrected chi connectivity index (χ2v) is 4.69. The zero-order chi connectivity index (χ0) is 15.2. The van der Waals surface area contributed by atoms with Gasteiger partial charge in [0.15, 0.2) is 0 Å². The molecule has 0 radical (unpaired) electrons. The number of esters is 1. The highest BCUT2D eigenvalue weighted by Crippen LogP contribution is 2.19. The maximum absolute atomic E-state index is 12.0. The Kier molecular flexibility index (Phi) is 4.72. The van der Waals surface area contributed by atoms with Crippen LogP contribution in [-0.4, -0.2) is 11.9 Å². The fraction of sp³-hybridized carbons (Fsp3) is 0.176. The third kappa shape index (κ3) is 4.18. The van der Waals surface area contributed by atoms with Crippen molar-refractivity contribution >= 4 is 17.6 Å². The van der Waals surface area contributed by atoms with E-state index >= 15 is 0 Å². The molecular weight excluding hydrogens is 266 g/mol. The number of hydrogen-bond acceptors (Lipinski definition) is 3. The number of aryl methyl sites for hydroxylation is 1. The molecule has 2 aromatic rings. The monoisotopic (exact) mass is 283 g/mol. The molecule has 0 saturated heterocycles. The summed E-state index contributed by atoms with van der Waals surface area (Å²) in [4.78, 5) is 23.4. The van der Waals surface area contributed by atoms with Gasteiger partial charge in [0.1, 0.15) is 5.75 Å². The van der Waals surface area contributed by atoms with Crippen molar-refractivity contribution in [2.45, 2.75) is 20.3 Å². The van der Waals surface area contributed by atoms with Crippen molar-refractivity contribution in [3.05, 3.63) is 59.7 Å². The van der Waals surface area contributed by atoms with Gasteiger partial charge in [-0.1, -0.05) is 30.7 Å². The van der Waals surface area contributed by atoms with E-state index in [4.69, 9.17) is 4.74 Å². The van der Waals surface area contributed by atoms with Gasteiger partial charge in [-0.2, -0.15) is 0 Å². The predicted octanol–water partition coefficient (Wildman–Crippen LogP) is 3.56. The molecule has 4 nitrogen and oxygen atoms in total. The van der Waals surface area contributed by atoms with Crippen LogP contribution in [0.15, 0.2) is 48.5 Å². The minimum absolute atomic E-state index is 0.0860. The van der Waals surface area contributed by atoms with Crippen LogP contribution in [0.25, 0.3) is 0 Å². The topological polar surface area (TPSA) is 55.4 Å². The summed E-state index contributed by atoms with van der Waals surface area (Å²) < 4.78 is 5.32. The third-order valence-corrected chi connectivity index (χ3v) is 2.90. The molecule has 0 unspecified atom stereocenters. The van der Waals surface area contributed by atoms with Gasteiger partial charge in [-0.25, -0.2) is 4.79 Å². The molecule has 0 fully saturated rings. The fourth-order valence-electron chi connectivity index (χ4n) is 1.82. The lowest BCUT2D eigenvalue weighted by Crippen LogP contribution is -2.11. The SMILES string of the molecule is CCC(=O)Nc1cccc(OC(=O)c2cccc(C)c2)c1. The summed E-state index contributed by atoms with van der Waals surface area (Å²) in [6.45, 7) is 3.69. The number of benzene rings is 2. The smallest absolute Gasteiger partial charge is 0.343 e. The lowest BCUT2D eigenvalue weighted by molar-refractivity contribution is -0.115. The third-order valence-electron chi connectivity index (χ3n) is 2.90. The van der Waals surface area contributed by atoms with Crippen molar-refractivity contribution in [1.29, 1.82) is 0 Å². The molecule has 1 N–H and O–H groups in total. The minimum Gasteiger partial charge on any atom is -0.423 e. The molecular formula is C17H17NO3. The van der Waals surface area contributed by atoms with Crippen molar-refractivity contribution < 1.29 is 14.3 Å². The molecule has 0 aliphatic heterocycles. The first kappa shape index (κ1) is 14.8. The highest BCUT2D eigenvalue weighted by Gasteiger charge is 2.09. The fourth-order valence-corrected chi connectivity index (χ4v) is 1.82. The summed E-state index contributed by atoms with van der Waals surface area (Å²) in [6, 6.07) is 14.0. The van der Waals surface area contributed by atoms with Crippen LogP contribution in [0.2, 0.25) is 0 Å². The van der Waals surface area contributed by atoms with Crippen LogP contribution in [0, 0.1) is 6.92 Å². The van der Waals surface area contributed by atoms with Gasteiger partial charge in [0.05, 0.1) is 5.56 Å². The van der Waals surface area contributed by atoms with Crippen LogP contribution in [0.4, 0.5) is 5.69 Å². The summed E-state index contributed by atoms with van der Waals surface area (Å²) in [6.07, 6.45) is 0.396. The van der Waals surface area contributed by atoms with E-state index in [1.807, 2.05) is 19.1 Å². The van der Waals surface area contributed by atoms with E-state index in [0.717, 1.165) is 5.56 Å². The van der Waals surface area contributed by atoms with Crippen molar-refractivity contribution in [1.82, 2.24) is 0 Å². The Labute approximate surface area is 123 Å². The Balaban J connectivity index is 2.11. The standard InChI is InChI=1S/C17H17NO3/c1-3-16(19)18-14-8-5-9-15(11-14)21-17(20)13-7-4-6-12(2)10-13/h4-11H,3H2,1-2H3,(H,18,19). The lowest BCUT2D eigenvalue weighted by atomic mass is 10.1. The van der Waals surface area contributed by atoms with Crippen LogP contribution in [-0.2, 0) is 4.79 Å². The second-order valence-electron chi connectivity index (χ2n) is 4.69. The molecule has 2 aromatic carbocycles. The molecule has 2 rings (SSSR count). The van der Waals surface area contributed by atoms with Gasteiger partial charge in [0, 0.05) is 18.2 Å². The van der Waals surface area contributed by atoms with E-state index < -0.39 is 5.97 Å². The van der Waals surface area contributed by atoms with E-state index in [1.165, 1.54) is 0 Å². The first-order valence-corrected chi connectivity index (χ1v) is 6.77. The van der Waals surface area contributed by atoms with E-state index in [9.17, 15) is 9.59 Å². The zero-order valence-electron chi connectivity index (χ0n) is 12.1. The summed E-state index contributed by atoms with van der Waals surface area (Å²) >= 11 is 0. The molecule has 4 heteroatoms. The molecule has 0 aliphatic carbocycles. The number of anilines is 1. The molecule has 0 aromatic heterocycles. The Morgan fingerprint density at radius 2 is 1.86 bits per heavy atom. The summed E-state index contributed by atoms with van der Waals surface area (Å²) in [5.41, 5.74) is 2.10. The quantitative estimate of drug-likeness (QED) is 0.689. The van der Waals surface area contributed by atoms with Crippen LogP contribution < -0.4 is 10.1 Å². The van der Waals surface area contributed by atoms with Crippen LogP contribution in [0.5, 0.6) is 5.75 Å². The van der Waals surface area contributed by atoms with Gasteiger partial charge in [0.25, 0.3) is 0 Å². The minimum atomic E-state index is -0.419. The highest BCUT2D eigenvalue weighted by molar-refractivity contribution is 5.92. The number of nitrogens with one attached hydrogen (secondary N) is 1. The normalized spacial score (nSPS) is 10.0. The number of amides is 1. The molecule has 1 amide bonds. The maximum atomic E-state index is 12.0. The van der Waals surface area contributed by atoms with Gasteiger partial charge >= 0.3 is 5.97 Å². The number of hydrogen-bond donors (Lipinski definition) is 1. The molecule has 0 heterocycles. The molecule has 108 valence electrons. The molecule has 0 atom stereocenters. The first-order chi connectivity index (χ1) is 10.1. The van der Waals surface area contributed by atoms with Gasteiger partial charge < -0.3 is 10.1 Å². The number of rotatable bonds is 4. The lowest BCUT2D eigenvalue weighted by Gasteiger charge is -2.08. The molecule has 0 saturated carbocycles. The Morgan fingerprint density at radius 3 is 2.57 bits per heavy atom. The van der Waals surface area contributed by atoms with Crippen LogP contribution in [0.1, 0.15) is 29.3 Å². The van der Waals surface area contributed by atoms with Gasteiger partial charge in [-0.15, -0.1) is 0 Å². The molecule has 0 aliphatic rings. The van der Waals surface area contributed by atoms with E-state index in [-0.39, 0.29) is 5.91 Å². The van der Waals surface area contributed by atoms with Crippen molar-refractivity contribution in [2.75, 3.05) is 5.32 Å². The molecule has 0 spiro atoms. The summed E-state index contributed by atoms with van der Waals surface area (Å²) in [5.74, 6) is -0.106. The van der Waals surface area contributed by atoms with Gasteiger partial charge in [-0.05, 0) is 31.2 Å². The first-order valence-electron chi connectivity index (χ1n) is 6.77. The average Bonchev–Trinajstić information content (AvgIpc) is 2.47. The molecule has 21 heavy (non-hydrogen) atoms. The van der Waals surface area contributed by atoms with Gasteiger partial charge in [0.2, 0.25) is 5.91 Å². The van der Waals surface area contributed by atoms with E-state index in [1.54, 1.807) is 43.3 Å². The summed E-state index contributed by atoms with van der Waals surface area (Å²) in [7, 11) is 0. The van der Waals surface area contributed by atoms with Crippen molar-refractivity contribution in [2.24, 2.45) is 0 Å². The van der Waals surface area contributed by atoms with Crippen molar-refractivity contribution in [3.63, 3.8) is 0 Å². The Bertz CT molecular complexity index is 665. The number of carbonyl (C=O) groups excluding carboxylic acids is 2. The number of carbonyl (C=O) groups is 2. The highest BCUT2D eigenvalue weighted by atomic mass is 16.5. The van der Waals surface area contributed by atoms with Crippen molar-refractivity contribution in [3.8, 4) is 5.75 Å². The Morgan fingerprint density at radius 1 is 1.10 bits per heavy atom.